The van der Waals surface area contributed by atoms with Crippen LogP contribution in [-0.4, -0.2) is 11.0 Å². The highest BCUT2D eigenvalue weighted by molar-refractivity contribution is 6.31. The highest BCUT2D eigenvalue weighted by Gasteiger charge is 2.33. The molecular formula is C12H17ClN2. The highest BCUT2D eigenvalue weighted by atomic mass is 35.5. The maximum Gasteiger partial charge on any atom is 0.0621 e. The van der Waals surface area contributed by atoms with Crippen molar-refractivity contribution in [1.29, 1.82) is 0 Å². The predicted octanol–water partition coefficient (Wildman–Crippen LogP) is 2.79. The molecule has 0 aliphatic heterocycles. The minimum absolute atomic E-state index is 0.324. The van der Waals surface area contributed by atoms with Crippen molar-refractivity contribution in [3.05, 3.63) is 29.0 Å². The smallest absolute Gasteiger partial charge is 0.0621 e. The average molecular weight is 225 g/mol. The van der Waals surface area contributed by atoms with Gasteiger partial charge in [0.25, 0.3) is 0 Å². The van der Waals surface area contributed by atoms with Crippen molar-refractivity contribution in [3.8, 4) is 0 Å². The van der Waals surface area contributed by atoms with Crippen molar-refractivity contribution >= 4 is 11.6 Å². The molecule has 2 unspecified atom stereocenters. The summed E-state index contributed by atoms with van der Waals surface area (Å²) in [4.78, 5) is 4.00. The summed E-state index contributed by atoms with van der Waals surface area (Å²) in [6, 6.07) is 2.38. The van der Waals surface area contributed by atoms with Gasteiger partial charge in [-0.3, -0.25) is 4.98 Å². The van der Waals surface area contributed by atoms with Crippen LogP contribution >= 0.6 is 11.6 Å². The molecule has 1 aromatic rings. The first kappa shape index (κ1) is 10.9. The zero-order chi connectivity index (χ0) is 10.9. The van der Waals surface area contributed by atoms with Crippen molar-refractivity contribution in [1.82, 2.24) is 4.98 Å². The molecule has 1 aromatic heterocycles. The fourth-order valence-corrected chi connectivity index (χ4v) is 2.72. The van der Waals surface area contributed by atoms with Crippen LogP contribution in [0.5, 0.6) is 0 Å². The van der Waals surface area contributed by atoms with Gasteiger partial charge in [0.05, 0.1) is 5.02 Å². The van der Waals surface area contributed by atoms with Gasteiger partial charge in [0.2, 0.25) is 0 Å². The third kappa shape index (κ3) is 2.50. The Morgan fingerprint density at radius 2 is 2.47 bits per heavy atom. The Morgan fingerprint density at radius 3 is 3.07 bits per heavy atom. The topological polar surface area (TPSA) is 38.9 Å². The molecule has 1 saturated carbocycles. The molecule has 0 saturated heterocycles. The minimum atomic E-state index is 0.324. The Hall–Kier alpha value is -0.600. The summed E-state index contributed by atoms with van der Waals surface area (Å²) in [6.07, 6.45) is 7.98. The molecule has 0 radical (unpaired) electrons. The van der Waals surface area contributed by atoms with E-state index < -0.39 is 0 Å². The van der Waals surface area contributed by atoms with E-state index in [-0.39, 0.29) is 0 Å². The number of hydrogen-bond acceptors (Lipinski definition) is 2. The summed E-state index contributed by atoms with van der Waals surface area (Å²) in [5, 5.41) is 0.777. The Bertz CT molecular complexity index is 353. The third-order valence-electron chi connectivity index (χ3n) is 3.35. The van der Waals surface area contributed by atoms with E-state index in [2.05, 4.69) is 11.9 Å². The van der Waals surface area contributed by atoms with Gasteiger partial charge >= 0.3 is 0 Å². The van der Waals surface area contributed by atoms with E-state index in [0.29, 0.717) is 11.5 Å². The van der Waals surface area contributed by atoms with E-state index in [1.54, 1.807) is 12.4 Å². The fourth-order valence-electron chi connectivity index (χ4n) is 2.54. The van der Waals surface area contributed by atoms with E-state index in [1.807, 2.05) is 6.07 Å². The zero-order valence-corrected chi connectivity index (χ0v) is 9.80. The molecule has 0 aromatic carbocycles. The van der Waals surface area contributed by atoms with Crippen LogP contribution in [-0.2, 0) is 6.42 Å². The van der Waals surface area contributed by atoms with Crippen molar-refractivity contribution in [2.75, 3.05) is 0 Å². The van der Waals surface area contributed by atoms with Gasteiger partial charge in [0.15, 0.2) is 0 Å². The molecule has 2 atom stereocenters. The molecule has 0 spiro atoms. The summed E-state index contributed by atoms with van der Waals surface area (Å²) in [6.45, 7) is 2.30. The molecule has 1 aliphatic carbocycles. The standard InChI is InChI=1S/C12H17ClN2/c1-12(4-2-10(14)7-12)6-9-3-5-15-8-11(9)13/h3,5,8,10H,2,4,6-7,14H2,1H3. The number of nitrogens with zero attached hydrogens (tertiary/aromatic N) is 1. The average Bonchev–Trinajstić information content (AvgIpc) is 2.51. The number of pyridine rings is 1. The lowest BCUT2D eigenvalue weighted by Crippen LogP contribution is -2.21. The number of nitrogens with two attached hydrogens (primary N) is 1. The lowest BCUT2D eigenvalue weighted by atomic mass is 9.82. The largest absolute Gasteiger partial charge is 0.328 e. The van der Waals surface area contributed by atoms with Crippen LogP contribution in [0.2, 0.25) is 5.02 Å². The van der Waals surface area contributed by atoms with Crippen LogP contribution in [0, 0.1) is 5.41 Å². The van der Waals surface area contributed by atoms with E-state index in [9.17, 15) is 0 Å². The van der Waals surface area contributed by atoms with Crippen molar-refractivity contribution in [2.24, 2.45) is 11.1 Å². The molecule has 3 heteroatoms. The molecule has 1 heterocycles. The zero-order valence-electron chi connectivity index (χ0n) is 9.04. The van der Waals surface area contributed by atoms with Crippen molar-refractivity contribution in [3.63, 3.8) is 0 Å². The number of hydrogen-bond donors (Lipinski definition) is 1. The Morgan fingerprint density at radius 1 is 1.67 bits per heavy atom. The normalized spacial score (nSPS) is 30.7. The number of aromatic nitrogens is 1. The summed E-state index contributed by atoms with van der Waals surface area (Å²) in [5.41, 5.74) is 7.48. The Labute approximate surface area is 95.8 Å². The van der Waals surface area contributed by atoms with Gasteiger partial charge in [-0.15, -0.1) is 0 Å². The molecule has 0 amide bonds. The molecule has 1 fully saturated rings. The van der Waals surface area contributed by atoms with Crippen LogP contribution in [0.15, 0.2) is 18.5 Å². The van der Waals surface area contributed by atoms with Crippen LogP contribution < -0.4 is 5.73 Å². The molecule has 0 bridgehead atoms. The van der Waals surface area contributed by atoms with Crippen LogP contribution in [0.4, 0.5) is 0 Å². The second-order valence-electron chi connectivity index (χ2n) is 4.96. The maximum atomic E-state index is 6.11. The number of rotatable bonds is 2. The molecule has 15 heavy (non-hydrogen) atoms. The molecule has 82 valence electrons. The highest BCUT2D eigenvalue weighted by Crippen LogP contribution is 2.40. The Balaban J connectivity index is 2.12. The van der Waals surface area contributed by atoms with Gasteiger partial charge in [0.1, 0.15) is 0 Å². The van der Waals surface area contributed by atoms with Crippen LogP contribution in [0.3, 0.4) is 0 Å². The molecule has 2 nitrogen and oxygen atoms in total. The SMILES string of the molecule is CC1(Cc2ccncc2Cl)CCC(N)C1. The quantitative estimate of drug-likeness (QED) is 0.839. The van der Waals surface area contributed by atoms with Crippen LogP contribution in [0.25, 0.3) is 0 Å². The van der Waals surface area contributed by atoms with Crippen molar-refractivity contribution in [2.45, 2.75) is 38.6 Å². The number of halogens is 1. The second-order valence-corrected chi connectivity index (χ2v) is 5.36. The van der Waals surface area contributed by atoms with Crippen LogP contribution in [0.1, 0.15) is 31.7 Å². The van der Waals surface area contributed by atoms with E-state index in [1.165, 1.54) is 12.0 Å². The van der Waals surface area contributed by atoms with Gasteiger partial charge in [-0.2, -0.15) is 0 Å². The van der Waals surface area contributed by atoms with Gasteiger partial charge < -0.3 is 5.73 Å². The third-order valence-corrected chi connectivity index (χ3v) is 3.69. The molecule has 2 N–H and O–H groups in total. The van der Waals surface area contributed by atoms with Gasteiger partial charge in [0, 0.05) is 18.4 Å². The molecule has 1 aliphatic rings. The van der Waals surface area contributed by atoms with E-state index in [4.69, 9.17) is 17.3 Å². The molecule has 2 rings (SSSR count). The van der Waals surface area contributed by atoms with Gasteiger partial charge in [-0.1, -0.05) is 18.5 Å². The summed E-state index contributed by atoms with van der Waals surface area (Å²) in [7, 11) is 0. The van der Waals surface area contributed by atoms with Gasteiger partial charge in [-0.25, -0.2) is 0 Å². The van der Waals surface area contributed by atoms with E-state index in [0.717, 1.165) is 24.3 Å². The Kier molecular flexibility index (Phi) is 2.98. The summed E-state index contributed by atoms with van der Waals surface area (Å²) < 4.78 is 0. The maximum absolute atomic E-state index is 6.11. The predicted molar refractivity (Wildman–Crippen MR) is 62.9 cm³/mol. The lowest BCUT2D eigenvalue weighted by molar-refractivity contribution is 0.329. The molecular weight excluding hydrogens is 208 g/mol. The minimum Gasteiger partial charge on any atom is -0.328 e. The first-order valence-electron chi connectivity index (χ1n) is 5.43. The van der Waals surface area contributed by atoms with Crippen molar-refractivity contribution < 1.29 is 0 Å². The first-order chi connectivity index (χ1) is 7.09. The second kappa shape index (κ2) is 4.11. The van der Waals surface area contributed by atoms with Gasteiger partial charge in [-0.05, 0) is 42.7 Å². The summed E-state index contributed by atoms with van der Waals surface area (Å²) in [5.74, 6) is 0. The first-order valence-corrected chi connectivity index (χ1v) is 5.81. The van der Waals surface area contributed by atoms with E-state index >= 15 is 0 Å². The fraction of sp³-hybridized carbons (Fsp3) is 0.583. The monoisotopic (exact) mass is 224 g/mol. The lowest BCUT2D eigenvalue weighted by Gasteiger charge is -2.24. The summed E-state index contributed by atoms with van der Waals surface area (Å²) >= 11 is 6.11.